The highest BCUT2D eigenvalue weighted by molar-refractivity contribution is 9.10. The Kier molecular flexibility index (Phi) is 2.15. The second kappa shape index (κ2) is 3.15. The van der Waals surface area contributed by atoms with E-state index in [0.717, 1.165) is 23.1 Å². The van der Waals surface area contributed by atoms with Gasteiger partial charge in [-0.2, -0.15) is 0 Å². The number of hydrogen-bond acceptors (Lipinski definition) is 1. The van der Waals surface area contributed by atoms with Crippen LogP contribution >= 0.6 is 15.9 Å². The summed E-state index contributed by atoms with van der Waals surface area (Å²) in [6.07, 6.45) is 0. The SMILES string of the molecule is Fc1ccc(Br)cc1C1CNC1. The van der Waals surface area contributed by atoms with Crippen LogP contribution in [0.3, 0.4) is 0 Å². The molecule has 64 valence electrons. The summed E-state index contributed by atoms with van der Waals surface area (Å²) in [6, 6.07) is 5.10. The van der Waals surface area contributed by atoms with Crippen molar-refractivity contribution in [2.45, 2.75) is 5.92 Å². The molecule has 0 spiro atoms. The highest BCUT2D eigenvalue weighted by atomic mass is 79.9. The van der Waals surface area contributed by atoms with E-state index in [1.807, 2.05) is 6.07 Å². The molecule has 0 unspecified atom stereocenters. The van der Waals surface area contributed by atoms with Crippen LogP contribution < -0.4 is 5.32 Å². The molecule has 1 N–H and O–H groups in total. The van der Waals surface area contributed by atoms with E-state index in [9.17, 15) is 4.39 Å². The Balaban J connectivity index is 2.34. The molecule has 1 saturated heterocycles. The average Bonchev–Trinajstić information content (AvgIpc) is 1.93. The summed E-state index contributed by atoms with van der Waals surface area (Å²) in [4.78, 5) is 0. The van der Waals surface area contributed by atoms with E-state index < -0.39 is 0 Å². The zero-order valence-corrected chi connectivity index (χ0v) is 8.07. The minimum absolute atomic E-state index is 0.0929. The van der Waals surface area contributed by atoms with Crippen LogP contribution in [0.4, 0.5) is 4.39 Å². The Morgan fingerprint density at radius 1 is 1.42 bits per heavy atom. The Labute approximate surface area is 79.1 Å². The first kappa shape index (κ1) is 8.20. The maximum absolute atomic E-state index is 13.2. The summed E-state index contributed by atoms with van der Waals surface area (Å²) in [5.41, 5.74) is 0.822. The van der Waals surface area contributed by atoms with Crippen LogP contribution in [0.25, 0.3) is 0 Å². The molecule has 1 aliphatic rings. The van der Waals surface area contributed by atoms with Crippen LogP contribution in [0, 0.1) is 5.82 Å². The van der Waals surface area contributed by atoms with E-state index in [0.29, 0.717) is 5.92 Å². The number of rotatable bonds is 1. The van der Waals surface area contributed by atoms with Gasteiger partial charge in [-0.3, -0.25) is 0 Å². The average molecular weight is 230 g/mol. The lowest BCUT2D eigenvalue weighted by atomic mass is 9.93. The Morgan fingerprint density at radius 2 is 2.17 bits per heavy atom. The molecule has 0 atom stereocenters. The van der Waals surface area contributed by atoms with E-state index in [4.69, 9.17) is 0 Å². The molecule has 1 nitrogen and oxygen atoms in total. The molecule has 12 heavy (non-hydrogen) atoms. The quantitative estimate of drug-likeness (QED) is 0.780. The molecule has 0 saturated carbocycles. The van der Waals surface area contributed by atoms with E-state index in [1.54, 1.807) is 6.07 Å². The van der Waals surface area contributed by atoms with Crippen molar-refractivity contribution in [1.82, 2.24) is 5.32 Å². The van der Waals surface area contributed by atoms with E-state index in [-0.39, 0.29) is 5.82 Å². The third-order valence-electron chi connectivity index (χ3n) is 2.18. The van der Waals surface area contributed by atoms with Crippen molar-refractivity contribution >= 4 is 15.9 Å². The number of hydrogen-bond donors (Lipinski definition) is 1. The predicted molar refractivity (Wildman–Crippen MR) is 49.7 cm³/mol. The monoisotopic (exact) mass is 229 g/mol. The lowest BCUT2D eigenvalue weighted by molar-refractivity contribution is 0.431. The summed E-state index contributed by atoms with van der Waals surface area (Å²) in [5, 5.41) is 3.12. The van der Waals surface area contributed by atoms with Crippen molar-refractivity contribution in [1.29, 1.82) is 0 Å². The molecule has 0 amide bonds. The zero-order chi connectivity index (χ0) is 8.55. The van der Waals surface area contributed by atoms with Crippen LogP contribution in [0.2, 0.25) is 0 Å². The largest absolute Gasteiger partial charge is 0.315 e. The highest BCUT2D eigenvalue weighted by Crippen LogP contribution is 2.25. The normalized spacial score (nSPS) is 17.5. The summed E-state index contributed by atoms with van der Waals surface area (Å²) in [7, 11) is 0. The van der Waals surface area contributed by atoms with Gasteiger partial charge in [0.2, 0.25) is 0 Å². The first-order chi connectivity index (χ1) is 5.77. The van der Waals surface area contributed by atoms with Crippen LogP contribution in [-0.4, -0.2) is 13.1 Å². The van der Waals surface area contributed by atoms with Gasteiger partial charge in [-0.1, -0.05) is 15.9 Å². The molecule has 1 heterocycles. The van der Waals surface area contributed by atoms with Crippen molar-refractivity contribution in [3.8, 4) is 0 Å². The third-order valence-corrected chi connectivity index (χ3v) is 2.67. The topological polar surface area (TPSA) is 12.0 Å². The van der Waals surface area contributed by atoms with Crippen LogP contribution in [0.15, 0.2) is 22.7 Å². The fraction of sp³-hybridized carbons (Fsp3) is 0.333. The predicted octanol–water partition coefficient (Wildman–Crippen LogP) is 2.28. The van der Waals surface area contributed by atoms with Gasteiger partial charge in [0.25, 0.3) is 0 Å². The first-order valence-electron chi connectivity index (χ1n) is 3.93. The molecule has 1 aliphatic heterocycles. The van der Waals surface area contributed by atoms with Gasteiger partial charge in [-0.05, 0) is 23.8 Å². The number of halogens is 2. The molecule has 1 aromatic carbocycles. The van der Waals surface area contributed by atoms with Gasteiger partial charge >= 0.3 is 0 Å². The molecule has 0 aliphatic carbocycles. The summed E-state index contributed by atoms with van der Waals surface area (Å²) >= 11 is 3.33. The van der Waals surface area contributed by atoms with Crippen molar-refractivity contribution in [3.05, 3.63) is 34.1 Å². The molecule has 0 aromatic heterocycles. The first-order valence-corrected chi connectivity index (χ1v) is 4.72. The van der Waals surface area contributed by atoms with Crippen LogP contribution in [-0.2, 0) is 0 Å². The van der Waals surface area contributed by atoms with E-state index in [1.165, 1.54) is 6.07 Å². The number of benzene rings is 1. The maximum Gasteiger partial charge on any atom is 0.126 e. The standard InChI is InChI=1S/C9H9BrFN/c10-7-1-2-9(11)8(3-7)6-4-12-5-6/h1-3,6,12H,4-5H2. The van der Waals surface area contributed by atoms with Crippen molar-refractivity contribution < 1.29 is 4.39 Å². The van der Waals surface area contributed by atoms with Gasteiger partial charge in [-0.15, -0.1) is 0 Å². The van der Waals surface area contributed by atoms with E-state index in [2.05, 4.69) is 21.2 Å². The summed E-state index contributed by atoms with van der Waals surface area (Å²) < 4.78 is 14.1. The Morgan fingerprint density at radius 3 is 2.75 bits per heavy atom. The molecule has 2 rings (SSSR count). The minimum Gasteiger partial charge on any atom is -0.315 e. The fourth-order valence-electron chi connectivity index (χ4n) is 1.34. The molecule has 0 radical (unpaired) electrons. The maximum atomic E-state index is 13.2. The molecular weight excluding hydrogens is 221 g/mol. The third kappa shape index (κ3) is 1.39. The van der Waals surface area contributed by atoms with Crippen molar-refractivity contribution in [2.24, 2.45) is 0 Å². The van der Waals surface area contributed by atoms with Gasteiger partial charge in [0, 0.05) is 23.5 Å². The molecule has 0 bridgehead atoms. The summed E-state index contributed by atoms with van der Waals surface area (Å²) in [6.45, 7) is 1.79. The van der Waals surface area contributed by atoms with Gasteiger partial charge < -0.3 is 5.32 Å². The lowest BCUT2D eigenvalue weighted by Crippen LogP contribution is -2.40. The van der Waals surface area contributed by atoms with Crippen LogP contribution in [0.5, 0.6) is 0 Å². The molecule has 1 aromatic rings. The second-order valence-corrected chi connectivity index (χ2v) is 3.94. The smallest absolute Gasteiger partial charge is 0.126 e. The van der Waals surface area contributed by atoms with Crippen molar-refractivity contribution in [2.75, 3.05) is 13.1 Å². The second-order valence-electron chi connectivity index (χ2n) is 3.02. The molecule has 3 heteroatoms. The Bertz CT molecular complexity index is 297. The fourth-order valence-corrected chi connectivity index (χ4v) is 1.71. The van der Waals surface area contributed by atoms with Gasteiger partial charge in [0.15, 0.2) is 0 Å². The van der Waals surface area contributed by atoms with Gasteiger partial charge in [0.1, 0.15) is 5.82 Å². The lowest BCUT2D eigenvalue weighted by Gasteiger charge is -2.27. The zero-order valence-electron chi connectivity index (χ0n) is 6.48. The molecular formula is C9H9BrFN. The van der Waals surface area contributed by atoms with Gasteiger partial charge in [0.05, 0.1) is 0 Å². The van der Waals surface area contributed by atoms with Crippen molar-refractivity contribution in [3.63, 3.8) is 0 Å². The molecule has 1 fully saturated rings. The van der Waals surface area contributed by atoms with Crippen LogP contribution in [0.1, 0.15) is 11.5 Å². The van der Waals surface area contributed by atoms with E-state index >= 15 is 0 Å². The van der Waals surface area contributed by atoms with Gasteiger partial charge in [-0.25, -0.2) is 4.39 Å². The summed E-state index contributed by atoms with van der Waals surface area (Å²) in [5.74, 6) is 0.271. The highest BCUT2D eigenvalue weighted by Gasteiger charge is 2.21. The Hall–Kier alpha value is -0.410. The number of nitrogens with one attached hydrogen (secondary N) is 1. The minimum atomic E-state index is -0.0929.